The summed E-state index contributed by atoms with van der Waals surface area (Å²) >= 11 is 0. The Morgan fingerprint density at radius 1 is 1.23 bits per heavy atom. The standard InChI is InChI=1S/C25H33N5O/c1-2-23-10-5-6-17-30(23)25(28-16-7-15-26)29-22-11-13-24(14-12-22)31-19-21-9-4-3-8-20(21)18-27/h3-4,8-9,11-14,23H,2,5-7,10,15-17,19,26H2,1H3,(H,28,29). The number of piperidine rings is 1. The van der Waals surface area contributed by atoms with Gasteiger partial charge >= 0.3 is 0 Å². The quantitative estimate of drug-likeness (QED) is 0.373. The summed E-state index contributed by atoms with van der Waals surface area (Å²) in [4.78, 5) is 7.26. The fourth-order valence-corrected chi connectivity index (χ4v) is 3.86. The third kappa shape index (κ3) is 6.47. The molecule has 164 valence electrons. The molecule has 2 aromatic carbocycles. The zero-order valence-corrected chi connectivity index (χ0v) is 18.4. The monoisotopic (exact) mass is 419 g/mol. The lowest BCUT2D eigenvalue weighted by atomic mass is 10.0. The second-order valence-corrected chi connectivity index (χ2v) is 7.81. The Labute approximate surface area is 185 Å². The summed E-state index contributed by atoms with van der Waals surface area (Å²) < 4.78 is 5.89. The van der Waals surface area contributed by atoms with E-state index in [4.69, 9.17) is 15.5 Å². The SMILES string of the molecule is CCC1CCCCN1C(=NCCCN)Nc1ccc(OCc2ccccc2C#N)cc1. The molecule has 0 radical (unpaired) electrons. The molecular weight excluding hydrogens is 386 g/mol. The van der Waals surface area contributed by atoms with Crippen LogP contribution in [-0.2, 0) is 6.61 Å². The van der Waals surface area contributed by atoms with E-state index in [1.165, 1.54) is 19.3 Å². The molecule has 6 heteroatoms. The largest absolute Gasteiger partial charge is 0.489 e. The molecule has 1 aliphatic heterocycles. The number of ether oxygens (including phenoxy) is 1. The molecule has 0 aliphatic carbocycles. The zero-order chi connectivity index (χ0) is 21.9. The number of nitriles is 1. The number of rotatable bonds is 8. The second-order valence-electron chi connectivity index (χ2n) is 7.81. The molecule has 0 bridgehead atoms. The van der Waals surface area contributed by atoms with Crippen molar-refractivity contribution in [3.05, 3.63) is 59.7 Å². The topological polar surface area (TPSA) is 86.7 Å². The van der Waals surface area contributed by atoms with Crippen LogP contribution in [0.15, 0.2) is 53.5 Å². The van der Waals surface area contributed by atoms with E-state index in [0.717, 1.165) is 48.9 Å². The number of anilines is 1. The Balaban J connectivity index is 1.66. The van der Waals surface area contributed by atoms with E-state index in [0.29, 0.717) is 24.8 Å². The minimum absolute atomic E-state index is 0.369. The van der Waals surface area contributed by atoms with Crippen molar-refractivity contribution in [1.82, 2.24) is 4.90 Å². The number of aliphatic imine (C=N–C) groups is 1. The normalized spacial score (nSPS) is 16.6. The van der Waals surface area contributed by atoms with Gasteiger partial charge in [-0.15, -0.1) is 0 Å². The van der Waals surface area contributed by atoms with Gasteiger partial charge in [-0.2, -0.15) is 5.26 Å². The highest BCUT2D eigenvalue weighted by molar-refractivity contribution is 5.94. The minimum atomic E-state index is 0.369. The van der Waals surface area contributed by atoms with Crippen LogP contribution in [0.2, 0.25) is 0 Å². The van der Waals surface area contributed by atoms with Gasteiger partial charge in [-0.3, -0.25) is 4.99 Å². The molecule has 3 N–H and O–H groups in total. The molecule has 0 saturated carbocycles. The van der Waals surface area contributed by atoms with Crippen molar-refractivity contribution in [3.8, 4) is 11.8 Å². The van der Waals surface area contributed by atoms with Crippen LogP contribution < -0.4 is 15.8 Å². The Morgan fingerprint density at radius 3 is 2.77 bits per heavy atom. The number of guanidine groups is 1. The van der Waals surface area contributed by atoms with E-state index in [2.05, 4.69) is 23.2 Å². The van der Waals surface area contributed by atoms with Crippen molar-refractivity contribution in [1.29, 1.82) is 5.26 Å². The highest BCUT2D eigenvalue weighted by Gasteiger charge is 2.24. The number of nitrogens with two attached hydrogens (primary N) is 1. The average molecular weight is 420 g/mol. The smallest absolute Gasteiger partial charge is 0.198 e. The van der Waals surface area contributed by atoms with Crippen molar-refractivity contribution < 1.29 is 4.74 Å². The van der Waals surface area contributed by atoms with Gasteiger partial charge in [0.25, 0.3) is 0 Å². The molecule has 0 spiro atoms. The predicted octanol–water partition coefficient (Wildman–Crippen LogP) is 4.52. The molecule has 1 saturated heterocycles. The summed E-state index contributed by atoms with van der Waals surface area (Å²) in [5.74, 6) is 1.71. The van der Waals surface area contributed by atoms with Gasteiger partial charge in [0.1, 0.15) is 12.4 Å². The van der Waals surface area contributed by atoms with Gasteiger partial charge in [0, 0.05) is 30.4 Å². The molecule has 31 heavy (non-hydrogen) atoms. The summed E-state index contributed by atoms with van der Waals surface area (Å²) in [6.45, 7) is 5.03. The van der Waals surface area contributed by atoms with Crippen LogP contribution in [0.3, 0.4) is 0 Å². The summed E-state index contributed by atoms with van der Waals surface area (Å²) in [7, 11) is 0. The summed E-state index contributed by atoms with van der Waals surface area (Å²) in [6, 6.07) is 18.2. The number of hydrogen-bond donors (Lipinski definition) is 2. The molecule has 6 nitrogen and oxygen atoms in total. The number of nitrogens with one attached hydrogen (secondary N) is 1. The van der Waals surface area contributed by atoms with Gasteiger partial charge in [-0.25, -0.2) is 0 Å². The number of likely N-dealkylation sites (tertiary alicyclic amines) is 1. The van der Waals surface area contributed by atoms with Crippen molar-refractivity contribution in [3.63, 3.8) is 0 Å². The highest BCUT2D eigenvalue weighted by atomic mass is 16.5. The lowest BCUT2D eigenvalue weighted by molar-refractivity contribution is 0.234. The first kappa shape index (κ1) is 22.6. The summed E-state index contributed by atoms with van der Waals surface area (Å²) in [6.07, 6.45) is 5.70. The van der Waals surface area contributed by atoms with Gasteiger partial charge in [0.15, 0.2) is 5.96 Å². The molecule has 1 atom stereocenters. The van der Waals surface area contributed by atoms with Crippen LogP contribution in [0, 0.1) is 11.3 Å². The fourth-order valence-electron chi connectivity index (χ4n) is 3.86. The van der Waals surface area contributed by atoms with E-state index < -0.39 is 0 Å². The van der Waals surface area contributed by atoms with Gasteiger partial charge in [0.05, 0.1) is 11.6 Å². The third-order valence-electron chi connectivity index (χ3n) is 5.64. The van der Waals surface area contributed by atoms with Gasteiger partial charge in [0.2, 0.25) is 0 Å². The Morgan fingerprint density at radius 2 is 2.03 bits per heavy atom. The van der Waals surface area contributed by atoms with E-state index >= 15 is 0 Å². The summed E-state index contributed by atoms with van der Waals surface area (Å²) in [5, 5.41) is 12.7. The molecule has 1 aliphatic rings. The van der Waals surface area contributed by atoms with Gasteiger partial charge in [-0.05, 0) is 69.0 Å². The van der Waals surface area contributed by atoms with E-state index in [1.54, 1.807) is 6.07 Å². The van der Waals surface area contributed by atoms with Crippen LogP contribution in [0.4, 0.5) is 5.69 Å². The van der Waals surface area contributed by atoms with Crippen LogP contribution in [0.25, 0.3) is 0 Å². The first-order chi connectivity index (χ1) is 15.2. The second kappa shape index (κ2) is 12.0. The van der Waals surface area contributed by atoms with Crippen molar-refractivity contribution in [2.75, 3.05) is 25.0 Å². The average Bonchev–Trinajstić information content (AvgIpc) is 2.83. The van der Waals surface area contributed by atoms with Crippen molar-refractivity contribution in [2.24, 2.45) is 10.7 Å². The van der Waals surface area contributed by atoms with Crippen LogP contribution in [0.1, 0.15) is 50.2 Å². The molecular formula is C25H33N5O. The molecule has 0 aromatic heterocycles. The van der Waals surface area contributed by atoms with E-state index in [9.17, 15) is 5.26 Å². The number of hydrogen-bond acceptors (Lipinski definition) is 4. The first-order valence-electron chi connectivity index (χ1n) is 11.2. The minimum Gasteiger partial charge on any atom is -0.489 e. The zero-order valence-electron chi connectivity index (χ0n) is 18.4. The van der Waals surface area contributed by atoms with E-state index in [-0.39, 0.29) is 0 Å². The van der Waals surface area contributed by atoms with Gasteiger partial charge < -0.3 is 20.7 Å². The maximum atomic E-state index is 9.22. The highest BCUT2D eigenvalue weighted by Crippen LogP contribution is 2.22. The summed E-state index contributed by atoms with van der Waals surface area (Å²) in [5.41, 5.74) is 8.18. The third-order valence-corrected chi connectivity index (χ3v) is 5.64. The fraction of sp³-hybridized carbons (Fsp3) is 0.440. The maximum absolute atomic E-state index is 9.22. The van der Waals surface area contributed by atoms with Crippen molar-refractivity contribution >= 4 is 11.6 Å². The molecule has 1 heterocycles. The van der Waals surface area contributed by atoms with Crippen LogP contribution in [-0.4, -0.2) is 36.5 Å². The van der Waals surface area contributed by atoms with E-state index in [1.807, 2.05) is 42.5 Å². The lowest BCUT2D eigenvalue weighted by Gasteiger charge is -2.37. The molecule has 1 fully saturated rings. The Kier molecular flexibility index (Phi) is 8.74. The maximum Gasteiger partial charge on any atom is 0.198 e. The lowest BCUT2D eigenvalue weighted by Crippen LogP contribution is -2.46. The number of nitrogens with zero attached hydrogens (tertiary/aromatic N) is 3. The van der Waals surface area contributed by atoms with Crippen LogP contribution in [0.5, 0.6) is 5.75 Å². The Hall–Kier alpha value is -3.04. The van der Waals surface area contributed by atoms with Crippen molar-refractivity contribution in [2.45, 2.75) is 51.7 Å². The molecule has 1 unspecified atom stereocenters. The van der Waals surface area contributed by atoms with Gasteiger partial charge in [-0.1, -0.05) is 25.1 Å². The molecule has 0 amide bonds. The van der Waals surface area contributed by atoms with Crippen LogP contribution >= 0.6 is 0 Å². The molecule has 2 aromatic rings. The number of benzene rings is 2. The molecule has 3 rings (SSSR count). The Bertz CT molecular complexity index is 888. The first-order valence-corrected chi connectivity index (χ1v) is 11.2. The predicted molar refractivity (Wildman–Crippen MR) is 126 cm³/mol.